The van der Waals surface area contributed by atoms with Crippen molar-refractivity contribution in [2.75, 3.05) is 225 Å². The zero-order valence-electron chi connectivity index (χ0n) is 96.3. The number of aliphatic hydroxyl groups is 4. The second kappa shape index (κ2) is 58.0. The van der Waals surface area contributed by atoms with Crippen molar-refractivity contribution in [3.05, 3.63) is 166 Å². The molecule has 7 fully saturated rings. The Kier molecular flexibility index (Phi) is 48.9. The Bertz CT molecular complexity index is 4490. The quantitative estimate of drug-likeness (QED) is 0.0335. The van der Waals surface area contributed by atoms with Gasteiger partial charge < -0.3 is 89.0 Å². The predicted molar refractivity (Wildman–Crippen MR) is 602 cm³/mol. The standard InChI is InChI=1S/2C18H31N3.C17H29N3.4C16H26FN3O/c2*1-14(2)17-10-9-16(12-19-17)21-11-7-8-15(13-21)18(3,4)20(5)6;1-13(2)17-9-8-16(11-18-17)20-10-6-7-15(12-20)14(3)19(4)5;4*1-11(2)13-5-6-15(14(18-13)9-19(3)4)20-8-7-12(17)16(21)10-20/h2*9-10,12,14-15H,7-8,11,13H2,1-6H3;8-9,11,13-15H,6-7,10,12H2,1-5H3;4*5-6,11-12,16,21H,7-10H2,1-4H3/t15-;;14?,15-;2*12-,16+;2*12-,16-/m1.01010/s1. The van der Waals surface area contributed by atoms with Gasteiger partial charge in [-0.1, -0.05) is 96.9 Å². The highest BCUT2D eigenvalue weighted by molar-refractivity contribution is 5.57. The highest BCUT2D eigenvalue weighted by atomic mass is 19.1. The summed E-state index contributed by atoms with van der Waals surface area (Å²) in [5.74, 6) is 5.17. The van der Waals surface area contributed by atoms with Gasteiger partial charge in [0.15, 0.2) is 0 Å². The Balaban J connectivity index is 0.000000208. The van der Waals surface area contributed by atoms with Crippen LogP contribution >= 0.6 is 0 Å². The van der Waals surface area contributed by atoms with Gasteiger partial charge in [-0.3, -0.25) is 34.9 Å². The molecule has 0 saturated carbocycles. The number of β-amino-alcohol motifs (C(OH)–C–C–N with tert-alkyl or cyclic N) is 4. The molecule has 0 aliphatic carbocycles. The monoisotopic (exact) mass is 2030 g/mol. The average molecular weight is 2040 g/mol. The molecule has 0 spiro atoms. The predicted octanol–water partition coefficient (Wildman–Crippen LogP) is 19.6. The van der Waals surface area contributed by atoms with Crippen molar-refractivity contribution < 1.29 is 38.0 Å². The van der Waals surface area contributed by atoms with E-state index >= 15 is 0 Å². The normalized spacial score (nSPS) is 22.1. The zero-order chi connectivity index (χ0) is 108. The number of rotatable bonds is 28. The lowest BCUT2D eigenvalue weighted by atomic mass is 9.80. The molecular formula is C117H195F4N21O4. The van der Waals surface area contributed by atoms with Crippen LogP contribution in [0.4, 0.5) is 57.4 Å². The molecule has 820 valence electrons. The van der Waals surface area contributed by atoms with Gasteiger partial charge in [0.05, 0.1) is 81.2 Å². The van der Waals surface area contributed by atoms with Crippen LogP contribution < -0.4 is 34.3 Å². The third kappa shape index (κ3) is 36.6. The molecule has 7 aliphatic heterocycles. The number of aromatic nitrogens is 7. The van der Waals surface area contributed by atoms with Crippen LogP contribution in [-0.4, -0.2) is 346 Å². The van der Waals surface area contributed by atoms with Gasteiger partial charge in [-0.05, 0) is 342 Å². The minimum absolute atomic E-state index is 0.240. The minimum Gasteiger partial charge on any atom is -0.388 e. The number of hydrogen-bond donors (Lipinski definition) is 4. The van der Waals surface area contributed by atoms with E-state index in [4.69, 9.17) is 19.9 Å². The molecule has 2 unspecified atom stereocenters. The van der Waals surface area contributed by atoms with Crippen molar-refractivity contribution in [1.29, 1.82) is 0 Å². The highest BCUT2D eigenvalue weighted by Crippen LogP contribution is 2.39. The number of pyridine rings is 7. The lowest BCUT2D eigenvalue weighted by Gasteiger charge is -2.45. The first-order chi connectivity index (χ1) is 68.6. The van der Waals surface area contributed by atoms with Gasteiger partial charge in [0.1, 0.15) is 49.1 Å². The van der Waals surface area contributed by atoms with Crippen LogP contribution in [0.25, 0.3) is 0 Å². The Morgan fingerprint density at radius 2 is 0.514 bits per heavy atom. The third-order valence-corrected chi connectivity index (χ3v) is 30.8. The number of halogens is 4. The Labute approximate surface area is 880 Å². The fraction of sp³-hybridized carbons (Fsp3) is 0.701. The van der Waals surface area contributed by atoms with Crippen LogP contribution in [0.15, 0.2) is 104 Å². The van der Waals surface area contributed by atoms with E-state index < -0.39 is 49.1 Å². The lowest BCUT2D eigenvalue weighted by molar-refractivity contribution is 0.0644. The fourth-order valence-corrected chi connectivity index (χ4v) is 19.8. The SMILES string of the molecule is CC(C)c1ccc(N2CCCC(C(C)(C)N(C)C)C2)cn1.CC(C)c1ccc(N2CCC[C@@H](C(C)(C)N(C)C)C2)cn1.CC(C)c1ccc(N2CCC[C@H](C(C)N(C)C)C2)cn1.CC(C)c1ccc(N2CC[C@@H](F)[C@@H](O)C2)c(CN(C)C)n1.CC(C)c1ccc(N2CC[C@@H](F)[C@H](O)C2)c(CN(C)C)n1.CC(C)c1ccc(N2CC[C@H](F)[C@@H](O)C2)c(CN(C)C)n1.CC(C)c1ccc(N2CC[C@H](F)[C@H](O)C2)c(CN(C)C)n1. The minimum atomic E-state index is -1.11. The summed E-state index contributed by atoms with van der Waals surface area (Å²) in [6.07, 6.45) is 7.39. The number of nitrogens with zero attached hydrogens (tertiary/aromatic N) is 21. The van der Waals surface area contributed by atoms with Crippen LogP contribution in [0.1, 0.15) is 300 Å². The van der Waals surface area contributed by atoms with E-state index in [-0.39, 0.29) is 11.1 Å². The Hall–Kier alpha value is -8.07. The summed E-state index contributed by atoms with van der Waals surface area (Å²) in [7, 11) is 29.2. The molecule has 7 aliphatic rings. The summed E-state index contributed by atoms with van der Waals surface area (Å²) in [6.45, 7) is 55.6. The first-order valence-corrected chi connectivity index (χ1v) is 54.7. The van der Waals surface area contributed by atoms with Gasteiger partial charge in [0, 0.05) is 175 Å². The second-order valence-electron chi connectivity index (χ2n) is 47.2. The molecule has 0 bridgehead atoms. The molecule has 7 aromatic rings. The fourth-order valence-electron chi connectivity index (χ4n) is 19.8. The van der Waals surface area contributed by atoms with Gasteiger partial charge in [-0.25, -0.2) is 17.6 Å². The molecule has 0 radical (unpaired) electrons. The van der Waals surface area contributed by atoms with Gasteiger partial charge in [0.25, 0.3) is 0 Å². The molecule has 146 heavy (non-hydrogen) atoms. The first-order valence-electron chi connectivity index (χ1n) is 54.7. The maximum atomic E-state index is 13.4. The molecule has 7 saturated heterocycles. The van der Waals surface area contributed by atoms with Crippen LogP contribution in [0.3, 0.4) is 0 Å². The van der Waals surface area contributed by atoms with Crippen LogP contribution in [-0.2, 0) is 26.2 Å². The Morgan fingerprint density at radius 1 is 0.288 bits per heavy atom. The molecule has 25 nitrogen and oxygen atoms in total. The van der Waals surface area contributed by atoms with Gasteiger partial charge in [-0.15, -0.1) is 0 Å². The van der Waals surface area contributed by atoms with Crippen molar-refractivity contribution in [2.45, 2.75) is 330 Å². The summed E-state index contributed by atoms with van der Waals surface area (Å²) in [4.78, 5) is 64.1. The number of hydrogen-bond acceptors (Lipinski definition) is 25. The number of aliphatic hydroxyl groups excluding tert-OH is 4. The molecule has 0 aromatic carbocycles. The maximum Gasteiger partial charge on any atom is 0.129 e. The zero-order valence-corrected chi connectivity index (χ0v) is 96.3. The molecular weight excluding hydrogens is 1840 g/mol. The largest absolute Gasteiger partial charge is 0.388 e. The van der Waals surface area contributed by atoms with E-state index in [0.717, 1.165) is 133 Å². The van der Waals surface area contributed by atoms with Crippen molar-refractivity contribution in [2.24, 2.45) is 17.8 Å². The van der Waals surface area contributed by atoms with Gasteiger partial charge >= 0.3 is 0 Å². The van der Waals surface area contributed by atoms with Crippen LogP contribution in [0.5, 0.6) is 0 Å². The Morgan fingerprint density at radius 3 is 0.712 bits per heavy atom. The van der Waals surface area contributed by atoms with Gasteiger partial charge in [-0.2, -0.15) is 0 Å². The van der Waals surface area contributed by atoms with Crippen LogP contribution in [0, 0.1) is 17.8 Å². The summed E-state index contributed by atoms with van der Waals surface area (Å²) >= 11 is 0. The number of anilines is 7. The van der Waals surface area contributed by atoms with E-state index in [2.05, 4.69) is 337 Å². The van der Waals surface area contributed by atoms with E-state index in [1.807, 2.05) is 80.6 Å². The molecule has 4 N–H and O–H groups in total. The van der Waals surface area contributed by atoms with Gasteiger partial charge in [0.2, 0.25) is 0 Å². The van der Waals surface area contributed by atoms with E-state index in [1.165, 1.54) is 79.2 Å². The third-order valence-electron chi connectivity index (χ3n) is 30.8. The second-order valence-corrected chi connectivity index (χ2v) is 47.2. The maximum absolute atomic E-state index is 13.4. The highest BCUT2D eigenvalue weighted by Gasteiger charge is 2.40. The first kappa shape index (κ1) is 123. The van der Waals surface area contributed by atoms with Crippen molar-refractivity contribution >= 4 is 39.8 Å². The van der Waals surface area contributed by atoms with Crippen molar-refractivity contribution in [3.63, 3.8) is 0 Å². The molecule has 14 heterocycles. The average Bonchev–Trinajstić information content (AvgIpc) is 0.799. The van der Waals surface area contributed by atoms with Crippen molar-refractivity contribution in [1.82, 2.24) is 69.2 Å². The molecule has 12 atom stereocenters. The van der Waals surface area contributed by atoms with Crippen LogP contribution in [0.2, 0.25) is 0 Å². The molecule has 0 amide bonds. The van der Waals surface area contributed by atoms with Crippen molar-refractivity contribution in [3.8, 4) is 0 Å². The van der Waals surface area contributed by atoms with E-state index in [9.17, 15) is 38.0 Å². The number of alkyl halides is 4. The summed E-state index contributed by atoms with van der Waals surface area (Å²) < 4.78 is 53.8. The molecule has 7 aromatic heterocycles. The summed E-state index contributed by atoms with van der Waals surface area (Å²) in [6, 6.07) is 30.3. The molecule has 29 heteroatoms. The summed E-state index contributed by atoms with van der Waals surface area (Å²) in [5, 5.41) is 39.1. The topological polar surface area (TPSA) is 217 Å². The molecule has 14 rings (SSSR count). The smallest absolute Gasteiger partial charge is 0.129 e. The number of piperidine rings is 7. The lowest BCUT2D eigenvalue weighted by Crippen LogP contribution is -2.51. The van der Waals surface area contributed by atoms with E-state index in [0.29, 0.717) is 137 Å². The van der Waals surface area contributed by atoms with E-state index in [1.54, 1.807) is 0 Å². The summed E-state index contributed by atoms with van der Waals surface area (Å²) in [5.41, 5.74) is 20.2.